The first-order valence-corrected chi connectivity index (χ1v) is 10.3. The number of rotatable bonds is 7. The van der Waals surface area contributed by atoms with Crippen LogP contribution in [-0.2, 0) is 4.79 Å². The van der Waals surface area contributed by atoms with Gasteiger partial charge in [0.2, 0.25) is 5.91 Å². The number of nitrogens with zero attached hydrogens (tertiary/aromatic N) is 5. The van der Waals surface area contributed by atoms with Gasteiger partial charge in [0.05, 0.1) is 5.39 Å². The molecule has 0 aliphatic carbocycles. The molecule has 0 atom stereocenters. The van der Waals surface area contributed by atoms with Crippen LogP contribution in [0.5, 0.6) is 0 Å². The number of hydrogen-bond acceptors (Lipinski definition) is 6. The van der Waals surface area contributed by atoms with Crippen molar-refractivity contribution in [3.8, 4) is 0 Å². The molecular formula is C21H27N5OS. The van der Waals surface area contributed by atoms with E-state index in [9.17, 15) is 4.79 Å². The van der Waals surface area contributed by atoms with Crippen molar-refractivity contribution in [2.45, 2.75) is 26.7 Å². The van der Waals surface area contributed by atoms with Crippen molar-refractivity contribution in [3.63, 3.8) is 0 Å². The zero-order valence-electron chi connectivity index (χ0n) is 17.0. The molecule has 3 heterocycles. The molecule has 0 bridgehead atoms. The van der Waals surface area contributed by atoms with Crippen molar-refractivity contribution in [3.05, 3.63) is 41.1 Å². The third-order valence-corrected chi connectivity index (χ3v) is 6.21. The number of carbonyl (C=O) groups is 1. The summed E-state index contributed by atoms with van der Waals surface area (Å²) in [5.41, 5.74) is 1.93. The molecule has 0 N–H and O–H groups in total. The van der Waals surface area contributed by atoms with E-state index in [1.165, 1.54) is 10.4 Å². The van der Waals surface area contributed by atoms with Gasteiger partial charge in [0, 0.05) is 45.0 Å². The zero-order valence-corrected chi connectivity index (χ0v) is 17.8. The largest absolute Gasteiger partial charge is 0.357 e. The third-order valence-electron chi connectivity index (χ3n) is 5.11. The maximum atomic E-state index is 11.9. The number of thiophene rings is 1. The fourth-order valence-electron chi connectivity index (χ4n) is 3.34. The number of anilines is 1. The molecule has 7 heteroatoms. The van der Waals surface area contributed by atoms with Gasteiger partial charge in [-0.3, -0.25) is 9.79 Å². The van der Waals surface area contributed by atoms with E-state index in [1.54, 1.807) is 24.5 Å². The molecule has 28 heavy (non-hydrogen) atoms. The van der Waals surface area contributed by atoms with Gasteiger partial charge in [-0.2, -0.15) is 0 Å². The summed E-state index contributed by atoms with van der Waals surface area (Å²) in [6, 6.07) is 0. The van der Waals surface area contributed by atoms with Gasteiger partial charge in [0.25, 0.3) is 0 Å². The molecule has 1 amide bonds. The maximum absolute atomic E-state index is 11.9. The number of aryl methyl sites for hydroxylation is 2. The Bertz CT molecular complexity index is 959. The van der Waals surface area contributed by atoms with Crippen LogP contribution in [0.2, 0.25) is 0 Å². The predicted molar refractivity (Wildman–Crippen MR) is 118 cm³/mol. The second kappa shape index (κ2) is 8.65. The number of allylic oxidation sites excluding steroid dienone is 3. The normalized spacial score (nSPS) is 15.2. The van der Waals surface area contributed by atoms with Gasteiger partial charge >= 0.3 is 0 Å². The fourth-order valence-corrected chi connectivity index (χ4v) is 4.37. The highest BCUT2D eigenvalue weighted by atomic mass is 32.1. The molecule has 2 aromatic rings. The van der Waals surface area contributed by atoms with Gasteiger partial charge in [0.1, 0.15) is 16.4 Å². The second-order valence-electron chi connectivity index (χ2n) is 6.94. The van der Waals surface area contributed by atoms with E-state index in [4.69, 9.17) is 9.97 Å². The van der Waals surface area contributed by atoms with Crippen molar-refractivity contribution in [1.82, 2.24) is 14.9 Å². The SMILES string of the molecule is C=C/C=C\C(=NC)c1nc(N(C)CCN2CCCC2=O)c2c(C)c(C)sc2n1. The van der Waals surface area contributed by atoms with Gasteiger partial charge in [0.15, 0.2) is 5.82 Å². The van der Waals surface area contributed by atoms with Crippen LogP contribution >= 0.6 is 11.3 Å². The van der Waals surface area contributed by atoms with Crippen LogP contribution in [0, 0.1) is 13.8 Å². The summed E-state index contributed by atoms with van der Waals surface area (Å²) in [6.45, 7) is 10.2. The molecule has 0 saturated carbocycles. The topological polar surface area (TPSA) is 61.7 Å². The standard InChI is InChI=1S/C21H27N5OS/c1-6-7-9-16(22-4)19-23-20(18-14(2)15(3)28-21(18)24-19)25(5)12-13-26-11-8-10-17(26)27/h6-7,9H,1,8,10-13H2,2-5H3/b9-7-,22-16?. The Kier molecular flexibility index (Phi) is 6.24. The third kappa shape index (κ3) is 3.99. The summed E-state index contributed by atoms with van der Waals surface area (Å²) in [5.74, 6) is 1.74. The number of fused-ring (bicyclic) bond motifs is 1. The second-order valence-corrected chi connectivity index (χ2v) is 8.15. The smallest absolute Gasteiger partial charge is 0.222 e. The zero-order chi connectivity index (χ0) is 20.3. The Balaban J connectivity index is 1.99. The molecule has 0 radical (unpaired) electrons. The molecule has 6 nitrogen and oxygen atoms in total. The van der Waals surface area contributed by atoms with E-state index in [0.717, 1.165) is 41.3 Å². The lowest BCUT2D eigenvalue weighted by atomic mass is 10.2. The molecule has 1 fully saturated rings. The van der Waals surface area contributed by atoms with E-state index < -0.39 is 0 Å². The molecule has 2 aromatic heterocycles. The Labute approximate surface area is 170 Å². The first-order valence-electron chi connectivity index (χ1n) is 9.49. The molecule has 148 valence electrons. The summed E-state index contributed by atoms with van der Waals surface area (Å²) in [4.78, 5) is 32.2. The van der Waals surface area contributed by atoms with E-state index in [-0.39, 0.29) is 5.91 Å². The minimum atomic E-state index is 0.249. The molecule has 0 aromatic carbocycles. The lowest BCUT2D eigenvalue weighted by Gasteiger charge is -2.23. The van der Waals surface area contributed by atoms with Crippen molar-refractivity contribution >= 4 is 39.0 Å². The Morgan fingerprint density at radius 3 is 2.82 bits per heavy atom. The summed E-state index contributed by atoms with van der Waals surface area (Å²) in [7, 11) is 3.77. The van der Waals surface area contributed by atoms with E-state index in [0.29, 0.717) is 18.8 Å². The average Bonchev–Trinajstić information content (AvgIpc) is 3.22. The fraction of sp³-hybridized carbons (Fsp3) is 0.429. The van der Waals surface area contributed by atoms with Crippen molar-refractivity contribution < 1.29 is 4.79 Å². The van der Waals surface area contributed by atoms with E-state index in [1.807, 2.05) is 24.1 Å². The van der Waals surface area contributed by atoms with Gasteiger partial charge < -0.3 is 9.80 Å². The van der Waals surface area contributed by atoms with Crippen LogP contribution in [0.4, 0.5) is 5.82 Å². The van der Waals surface area contributed by atoms with Crippen LogP contribution < -0.4 is 4.90 Å². The van der Waals surface area contributed by atoms with Crippen LogP contribution in [0.3, 0.4) is 0 Å². The van der Waals surface area contributed by atoms with Gasteiger partial charge in [-0.05, 0) is 31.9 Å². The lowest BCUT2D eigenvalue weighted by molar-refractivity contribution is -0.127. The van der Waals surface area contributed by atoms with Crippen molar-refractivity contribution in [2.24, 2.45) is 4.99 Å². The monoisotopic (exact) mass is 397 g/mol. The average molecular weight is 398 g/mol. The number of likely N-dealkylation sites (N-methyl/N-ethyl adjacent to an activating group) is 1. The van der Waals surface area contributed by atoms with E-state index in [2.05, 4.69) is 30.3 Å². The van der Waals surface area contributed by atoms with Crippen LogP contribution in [0.1, 0.15) is 29.1 Å². The van der Waals surface area contributed by atoms with Crippen molar-refractivity contribution in [2.75, 3.05) is 38.6 Å². The number of carbonyl (C=O) groups excluding carboxylic acids is 1. The van der Waals surface area contributed by atoms with Gasteiger partial charge in [-0.1, -0.05) is 18.7 Å². The first kappa shape index (κ1) is 20.2. The highest BCUT2D eigenvalue weighted by Gasteiger charge is 2.22. The molecular weight excluding hydrogens is 370 g/mol. The van der Waals surface area contributed by atoms with Gasteiger partial charge in [-0.25, -0.2) is 9.97 Å². The van der Waals surface area contributed by atoms with Crippen molar-refractivity contribution in [1.29, 1.82) is 0 Å². The lowest BCUT2D eigenvalue weighted by Crippen LogP contribution is -2.34. The number of likely N-dealkylation sites (tertiary alicyclic amines) is 1. The molecule has 3 rings (SSSR count). The molecule has 0 unspecified atom stereocenters. The van der Waals surface area contributed by atoms with Crippen LogP contribution in [0.25, 0.3) is 10.2 Å². The summed E-state index contributed by atoms with van der Waals surface area (Å²) >= 11 is 1.68. The molecule has 0 spiro atoms. The summed E-state index contributed by atoms with van der Waals surface area (Å²) < 4.78 is 0. The van der Waals surface area contributed by atoms with Crippen LogP contribution in [0.15, 0.2) is 29.8 Å². The van der Waals surface area contributed by atoms with Crippen LogP contribution in [-0.4, -0.2) is 60.2 Å². The minimum Gasteiger partial charge on any atom is -0.357 e. The summed E-state index contributed by atoms with van der Waals surface area (Å²) in [6.07, 6.45) is 7.04. The number of aliphatic imine (C=N–C) groups is 1. The maximum Gasteiger partial charge on any atom is 0.222 e. The summed E-state index contributed by atoms with van der Waals surface area (Å²) in [5, 5.41) is 1.09. The Hall–Kier alpha value is -2.54. The number of aromatic nitrogens is 2. The Morgan fingerprint density at radius 1 is 1.39 bits per heavy atom. The number of amides is 1. The number of hydrogen-bond donors (Lipinski definition) is 0. The first-order chi connectivity index (χ1) is 13.5. The minimum absolute atomic E-state index is 0.249. The highest BCUT2D eigenvalue weighted by molar-refractivity contribution is 7.18. The predicted octanol–water partition coefficient (Wildman–Crippen LogP) is 3.53. The van der Waals surface area contributed by atoms with Gasteiger partial charge in [-0.15, -0.1) is 11.3 Å². The Morgan fingerprint density at radius 2 is 2.18 bits per heavy atom. The molecule has 1 aliphatic heterocycles. The highest BCUT2D eigenvalue weighted by Crippen LogP contribution is 2.34. The molecule has 1 aliphatic rings. The molecule has 1 saturated heterocycles. The quantitative estimate of drug-likeness (QED) is 0.530. The van der Waals surface area contributed by atoms with E-state index >= 15 is 0 Å².